The Hall–Kier alpha value is 1.60. The summed E-state index contributed by atoms with van der Waals surface area (Å²) >= 11 is 6.74. The molecule has 13 heavy (non-hydrogen) atoms. The summed E-state index contributed by atoms with van der Waals surface area (Å²) < 4.78 is 15.0. The zero-order valence-electron chi connectivity index (χ0n) is 7.58. The molecule has 0 saturated heterocycles. The van der Waals surface area contributed by atoms with Gasteiger partial charge in [-0.2, -0.15) is 0 Å². The molecule has 0 spiro atoms. The predicted octanol–water partition coefficient (Wildman–Crippen LogP) is 5.05. The first-order valence-corrected chi connectivity index (χ1v) is 7.67. The van der Waals surface area contributed by atoms with Gasteiger partial charge in [-0.15, -0.1) is 0 Å². The normalized spacial score (nSPS) is 17.7. The Balaban J connectivity index is 4.66. The van der Waals surface area contributed by atoms with Gasteiger partial charge in [-0.3, -0.25) is 0 Å². The maximum absolute atomic E-state index is 12.8. The standard InChI is InChI=1S/C9H12FI3/c1-5(4-11)8(12)6(2)9(13)7(3)10/h5,8H,3-4H2,1-2H3/b9-6+/t5?,8-/m0/s1. The lowest BCUT2D eigenvalue weighted by Gasteiger charge is -2.17. The van der Waals surface area contributed by atoms with E-state index in [4.69, 9.17) is 0 Å². The predicted molar refractivity (Wildman–Crippen MR) is 82.8 cm³/mol. The highest BCUT2D eigenvalue weighted by atomic mass is 127. The molecule has 0 radical (unpaired) electrons. The molecule has 0 rings (SSSR count). The zero-order chi connectivity index (χ0) is 10.6. The smallest absolute Gasteiger partial charge is 0.129 e. The van der Waals surface area contributed by atoms with Crippen LogP contribution in [0.1, 0.15) is 13.8 Å². The quantitative estimate of drug-likeness (QED) is 0.277. The average Bonchev–Trinajstić information content (AvgIpc) is 2.12. The van der Waals surface area contributed by atoms with Crippen LogP contribution in [0.5, 0.6) is 0 Å². The summed E-state index contributed by atoms with van der Waals surface area (Å²) in [5.74, 6) is 0.255. The lowest BCUT2D eigenvalue weighted by molar-refractivity contribution is 0.657. The molecule has 0 fully saturated rings. The Morgan fingerprint density at radius 1 is 1.54 bits per heavy atom. The molecule has 0 aromatic rings. The molecule has 0 heterocycles. The van der Waals surface area contributed by atoms with Gasteiger partial charge in [0.05, 0.1) is 0 Å². The Labute approximate surface area is 120 Å². The van der Waals surface area contributed by atoms with E-state index in [1.807, 2.05) is 29.5 Å². The third-order valence-electron chi connectivity index (χ3n) is 1.74. The minimum atomic E-state index is -0.319. The molecule has 0 aromatic carbocycles. The number of rotatable bonds is 4. The van der Waals surface area contributed by atoms with Crippen molar-refractivity contribution >= 4 is 67.8 Å². The first-order chi connectivity index (χ1) is 5.91. The second kappa shape index (κ2) is 6.97. The highest BCUT2D eigenvalue weighted by molar-refractivity contribution is 14.1. The van der Waals surface area contributed by atoms with Crippen molar-refractivity contribution < 1.29 is 4.39 Å². The lowest BCUT2D eigenvalue weighted by atomic mass is 10.0. The number of halogens is 4. The molecule has 0 nitrogen and oxygen atoms in total. The van der Waals surface area contributed by atoms with Gasteiger partial charge in [-0.1, -0.05) is 58.7 Å². The Morgan fingerprint density at radius 2 is 2.00 bits per heavy atom. The van der Waals surface area contributed by atoms with Crippen LogP contribution < -0.4 is 0 Å². The van der Waals surface area contributed by atoms with Crippen molar-refractivity contribution in [2.75, 3.05) is 4.43 Å². The van der Waals surface area contributed by atoms with E-state index in [-0.39, 0.29) is 5.83 Å². The van der Waals surface area contributed by atoms with Crippen LogP contribution in [0.25, 0.3) is 0 Å². The molecule has 2 atom stereocenters. The molecular formula is C9H12FI3. The number of allylic oxidation sites excluding steroid dienone is 3. The van der Waals surface area contributed by atoms with E-state index in [0.29, 0.717) is 13.4 Å². The van der Waals surface area contributed by atoms with Crippen LogP contribution in [0.3, 0.4) is 0 Å². The van der Waals surface area contributed by atoms with E-state index < -0.39 is 0 Å². The van der Waals surface area contributed by atoms with Crippen molar-refractivity contribution in [3.05, 3.63) is 21.6 Å². The maximum atomic E-state index is 12.8. The van der Waals surface area contributed by atoms with Crippen molar-refractivity contribution in [1.82, 2.24) is 0 Å². The number of alkyl halides is 2. The molecule has 0 aliphatic carbocycles. The largest absolute Gasteiger partial charge is 0.206 e. The third-order valence-corrected chi connectivity index (χ3v) is 6.73. The van der Waals surface area contributed by atoms with E-state index in [0.717, 1.165) is 10.0 Å². The Kier molecular flexibility index (Phi) is 7.83. The second-order valence-electron chi connectivity index (χ2n) is 2.94. The average molecular weight is 520 g/mol. The maximum Gasteiger partial charge on any atom is 0.129 e. The summed E-state index contributed by atoms with van der Waals surface area (Å²) in [5, 5.41) is 0. The monoisotopic (exact) mass is 520 g/mol. The molecule has 0 saturated carbocycles. The molecule has 0 N–H and O–H groups in total. The summed E-state index contributed by atoms with van der Waals surface area (Å²) in [4.78, 5) is 0. The summed E-state index contributed by atoms with van der Waals surface area (Å²) in [6.07, 6.45) is 0. The zero-order valence-corrected chi connectivity index (χ0v) is 14.1. The molecule has 4 heteroatoms. The molecule has 0 aliphatic heterocycles. The van der Waals surface area contributed by atoms with Crippen molar-refractivity contribution in [1.29, 1.82) is 0 Å². The van der Waals surface area contributed by atoms with Gasteiger partial charge in [0, 0.05) is 11.9 Å². The summed E-state index contributed by atoms with van der Waals surface area (Å²) in [6, 6.07) is 0. The fraction of sp³-hybridized carbons (Fsp3) is 0.556. The van der Waals surface area contributed by atoms with Crippen molar-refractivity contribution in [2.24, 2.45) is 5.92 Å². The number of hydrogen-bond acceptors (Lipinski definition) is 0. The van der Waals surface area contributed by atoms with Crippen LogP contribution in [0.2, 0.25) is 0 Å². The molecule has 0 aliphatic rings. The van der Waals surface area contributed by atoms with E-state index >= 15 is 0 Å². The molecule has 0 bridgehead atoms. The van der Waals surface area contributed by atoms with Gasteiger partial charge in [0.1, 0.15) is 5.83 Å². The van der Waals surface area contributed by atoms with E-state index in [9.17, 15) is 4.39 Å². The summed E-state index contributed by atoms with van der Waals surface area (Å²) in [5.41, 5.74) is 1.10. The van der Waals surface area contributed by atoms with Crippen LogP contribution in [0, 0.1) is 5.92 Å². The van der Waals surface area contributed by atoms with E-state index in [1.54, 1.807) is 0 Å². The van der Waals surface area contributed by atoms with Gasteiger partial charge in [-0.05, 0) is 41.0 Å². The minimum Gasteiger partial charge on any atom is -0.206 e. The fourth-order valence-corrected chi connectivity index (χ4v) is 3.82. The topological polar surface area (TPSA) is 0 Å². The van der Waals surface area contributed by atoms with Crippen LogP contribution in [-0.4, -0.2) is 8.35 Å². The number of hydrogen-bond donors (Lipinski definition) is 0. The Bertz CT molecular complexity index is 223. The molecule has 76 valence electrons. The highest BCUT2D eigenvalue weighted by Gasteiger charge is 2.17. The first-order valence-electron chi connectivity index (χ1n) is 3.82. The lowest BCUT2D eigenvalue weighted by Crippen LogP contribution is -2.14. The molecule has 1 unspecified atom stereocenters. The summed E-state index contributed by atoms with van der Waals surface area (Å²) in [6.45, 7) is 7.46. The van der Waals surface area contributed by atoms with Crippen molar-refractivity contribution in [3.8, 4) is 0 Å². The van der Waals surface area contributed by atoms with E-state index in [2.05, 4.69) is 58.7 Å². The molecular weight excluding hydrogens is 508 g/mol. The van der Waals surface area contributed by atoms with Gasteiger partial charge >= 0.3 is 0 Å². The van der Waals surface area contributed by atoms with Crippen LogP contribution in [0.15, 0.2) is 21.6 Å². The van der Waals surface area contributed by atoms with Crippen LogP contribution in [0.4, 0.5) is 4.39 Å². The highest BCUT2D eigenvalue weighted by Crippen LogP contribution is 2.31. The van der Waals surface area contributed by atoms with Gasteiger partial charge < -0.3 is 0 Å². The first kappa shape index (κ1) is 14.6. The van der Waals surface area contributed by atoms with Gasteiger partial charge in [0.15, 0.2) is 0 Å². The minimum absolute atomic E-state index is 0.319. The van der Waals surface area contributed by atoms with Crippen LogP contribution >= 0.6 is 67.8 Å². The van der Waals surface area contributed by atoms with Crippen LogP contribution in [-0.2, 0) is 0 Å². The second-order valence-corrected chi connectivity index (χ2v) is 6.24. The molecule has 0 amide bonds. The van der Waals surface area contributed by atoms with Gasteiger partial charge in [-0.25, -0.2) is 4.39 Å². The van der Waals surface area contributed by atoms with Crippen molar-refractivity contribution in [2.45, 2.75) is 17.8 Å². The summed E-state index contributed by atoms with van der Waals surface area (Å²) in [7, 11) is 0. The fourth-order valence-electron chi connectivity index (χ4n) is 0.840. The van der Waals surface area contributed by atoms with Gasteiger partial charge in [0.25, 0.3) is 0 Å². The molecule has 0 aromatic heterocycles. The van der Waals surface area contributed by atoms with E-state index in [1.165, 1.54) is 0 Å². The van der Waals surface area contributed by atoms with Crippen molar-refractivity contribution in [3.63, 3.8) is 0 Å². The SMILES string of the molecule is C=C(F)/C(I)=C(/C)[C@@H](I)C(C)CI. The van der Waals surface area contributed by atoms with Gasteiger partial charge in [0.2, 0.25) is 0 Å². The third kappa shape index (κ3) is 4.76. The Morgan fingerprint density at radius 3 is 2.31 bits per heavy atom.